The Kier molecular flexibility index (Phi) is 5.51. The molecule has 1 aromatic rings. The summed E-state index contributed by atoms with van der Waals surface area (Å²) in [5.41, 5.74) is 1.98. The van der Waals surface area contributed by atoms with E-state index in [1.807, 2.05) is 36.9 Å². The Morgan fingerprint density at radius 2 is 2.20 bits per heavy atom. The Morgan fingerprint density at radius 1 is 1.47 bits per heavy atom. The highest BCUT2D eigenvalue weighted by Crippen LogP contribution is 2.24. The van der Waals surface area contributed by atoms with Gasteiger partial charge in [-0.2, -0.15) is 11.8 Å². The van der Waals surface area contributed by atoms with Crippen molar-refractivity contribution < 1.29 is 5.11 Å². The quantitative estimate of drug-likeness (QED) is 0.795. The summed E-state index contributed by atoms with van der Waals surface area (Å²) in [6.07, 6.45) is 3.54. The second kappa shape index (κ2) is 6.41. The third-order valence-electron chi connectivity index (χ3n) is 2.41. The number of thioether (sulfide) groups is 1. The molecule has 1 aromatic carbocycles. The van der Waals surface area contributed by atoms with Crippen LogP contribution in [0.4, 0.5) is 0 Å². The molecule has 3 heteroatoms. The normalized spacial score (nSPS) is 12.8. The second-order valence-corrected chi connectivity index (χ2v) is 5.05. The summed E-state index contributed by atoms with van der Waals surface area (Å²) in [6, 6.07) is 5.76. The number of rotatable bonds is 5. The third kappa shape index (κ3) is 4.06. The topological polar surface area (TPSA) is 20.2 Å². The van der Waals surface area contributed by atoms with Crippen molar-refractivity contribution in [1.29, 1.82) is 0 Å². The minimum absolute atomic E-state index is 0.379. The molecule has 0 radical (unpaired) electrons. The molecule has 0 heterocycles. The van der Waals surface area contributed by atoms with Crippen LogP contribution in [0.2, 0.25) is 5.02 Å². The monoisotopic (exact) mass is 244 g/mol. The lowest BCUT2D eigenvalue weighted by Gasteiger charge is -2.11. The first-order valence-electron chi connectivity index (χ1n) is 5.08. The maximum Gasteiger partial charge on any atom is 0.0790 e. The van der Waals surface area contributed by atoms with Gasteiger partial charge in [0.05, 0.1) is 6.10 Å². The van der Waals surface area contributed by atoms with Crippen molar-refractivity contribution in [3.05, 3.63) is 34.3 Å². The van der Waals surface area contributed by atoms with E-state index in [4.69, 9.17) is 11.6 Å². The van der Waals surface area contributed by atoms with Crippen molar-refractivity contribution in [3.63, 3.8) is 0 Å². The first-order chi connectivity index (χ1) is 7.15. The summed E-state index contributed by atoms with van der Waals surface area (Å²) in [5.74, 6) is 1.09. The van der Waals surface area contributed by atoms with Gasteiger partial charge in [0.25, 0.3) is 0 Å². The summed E-state index contributed by atoms with van der Waals surface area (Å²) >= 11 is 7.81. The number of benzene rings is 1. The molecular formula is C12H17ClOS. The van der Waals surface area contributed by atoms with Crippen LogP contribution in [0.1, 0.15) is 30.1 Å². The highest BCUT2D eigenvalue weighted by Gasteiger charge is 2.08. The van der Waals surface area contributed by atoms with Crippen LogP contribution in [0, 0.1) is 6.92 Å². The van der Waals surface area contributed by atoms with Crippen LogP contribution in [0.15, 0.2) is 18.2 Å². The predicted molar refractivity (Wildman–Crippen MR) is 68.8 cm³/mol. The Labute approximate surface area is 101 Å². The van der Waals surface area contributed by atoms with Crippen LogP contribution in [-0.2, 0) is 0 Å². The van der Waals surface area contributed by atoms with Gasteiger partial charge in [-0.3, -0.25) is 0 Å². The lowest BCUT2D eigenvalue weighted by atomic mass is 10.0. The first-order valence-corrected chi connectivity index (χ1v) is 6.85. The fourth-order valence-corrected chi connectivity index (χ4v) is 2.05. The van der Waals surface area contributed by atoms with Crippen molar-refractivity contribution >= 4 is 23.4 Å². The number of aryl methyl sites for hydroxylation is 1. The van der Waals surface area contributed by atoms with E-state index in [0.717, 1.165) is 34.7 Å². The maximum absolute atomic E-state index is 9.89. The molecule has 1 unspecified atom stereocenters. The van der Waals surface area contributed by atoms with E-state index in [2.05, 4.69) is 6.26 Å². The summed E-state index contributed by atoms with van der Waals surface area (Å²) in [6.45, 7) is 1.96. The molecule has 0 saturated heterocycles. The molecule has 0 amide bonds. The Morgan fingerprint density at radius 3 is 2.80 bits per heavy atom. The van der Waals surface area contributed by atoms with E-state index in [-0.39, 0.29) is 6.10 Å². The Balaban J connectivity index is 2.57. The van der Waals surface area contributed by atoms with Gasteiger partial charge in [-0.15, -0.1) is 0 Å². The van der Waals surface area contributed by atoms with E-state index >= 15 is 0 Å². The van der Waals surface area contributed by atoms with E-state index in [1.165, 1.54) is 0 Å². The van der Waals surface area contributed by atoms with Gasteiger partial charge in [0.1, 0.15) is 0 Å². The molecule has 0 aliphatic carbocycles. The molecule has 0 aliphatic rings. The lowest BCUT2D eigenvalue weighted by Crippen LogP contribution is -1.98. The van der Waals surface area contributed by atoms with Gasteiger partial charge in [0.2, 0.25) is 0 Å². The number of hydrogen-bond donors (Lipinski definition) is 1. The van der Waals surface area contributed by atoms with E-state index in [9.17, 15) is 5.11 Å². The fourth-order valence-electron chi connectivity index (χ4n) is 1.40. The van der Waals surface area contributed by atoms with Crippen LogP contribution in [-0.4, -0.2) is 17.1 Å². The van der Waals surface area contributed by atoms with E-state index in [1.54, 1.807) is 0 Å². The maximum atomic E-state index is 9.89. The number of halogens is 1. The van der Waals surface area contributed by atoms with E-state index in [0.29, 0.717) is 0 Å². The van der Waals surface area contributed by atoms with Gasteiger partial charge in [-0.1, -0.05) is 23.7 Å². The molecule has 15 heavy (non-hydrogen) atoms. The Bertz CT molecular complexity index is 314. The third-order valence-corrected chi connectivity index (χ3v) is 3.51. The molecule has 0 spiro atoms. The van der Waals surface area contributed by atoms with Gasteiger partial charge in [0.15, 0.2) is 0 Å². The van der Waals surface area contributed by atoms with Crippen LogP contribution in [0.25, 0.3) is 0 Å². The van der Waals surface area contributed by atoms with Crippen LogP contribution < -0.4 is 0 Å². The molecule has 0 aliphatic heterocycles. The minimum atomic E-state index is -0.379. The zero-order valence-electron chi connectivity index (χ0n) is 9.16. The number of aliphatic hydroxyl groups excluding tert-OH is 1. The molecule has 1 N–H and O–H groups in total. The summed E-state index contributed by atoms with van der Waals surface area (Å²) in [4.78, 5) is 0. The average Bonchev–Trinajstić information content (AvgIpc) is 2.22. The molecule has 0 aromatic heterocycles. The fraction of sp³-hybridized carbons (Fsp3) is 0.500. The Hall–Kier alpha value is -0.180. The highest BCUT2D eigenvalue weighted by molar-refractivity contribution is 7.98. The largest absolute Gasteiger partial charge is 0.388 e. The molecule has 0 saturated carbocycles. The molecule has 0 bridgehead atoms. The van der Waals surface area contributed by atoms with Crippen molar-refractivity contribution in [2.75, 3.05) is 12.0 Å². The van der Waals surface area contributed by atoms with E-state index < -0.39 is 0 Å². The second-order valence-electron chi connectivity index (χ2n) is 3.66. The summed E-state index contributed by atoms with van der Waals surface area (Å²) in [7, 11) is 0. The van der Waals surface area contributed by atoms with Gasteiger partial charge < -0.3 is 5.11 Å². The zero-order valence-corrected chi connectivity index (χ0v) is 10.7. The van der Waals surface area contributed by atoms with Crippen molar-refractivity contribution in [3.8, 4) is 0 Å². The molecular weight excluding hydrogens is 228 g/mol. The van der Waals surface area contributed by atoms with Crippen LogP contribution >= 0.6 is 23.4 Å². The zero-order chi connectivity index (χ0) is 11.3. The van der Waals surface area contributed by atoms with Gasteiger partial charge >= 0.3 is 0 Å². The van der Waals surface area contributed by atoms with Gasteiger partial charge in [-0.05, 0) is 49.0 Å². The van der Waals surface area contributed by atoms with Crippen LogP contribution in [0.3, 0.4) is 0 Å². The first kappa shape index (κ1) is 12.9. The highest BCUT2D eigenvalue weighted by atomic mass is 35.5. The van der Waals surface area contributed by atoms with Crippen LogP contribution in [0.5, 0.6) is 0 Å². The average molecular weight is 245 g/mol. The van der Waals surface area contributed by atoms with Gasteiger partial charge in [-0.25, -0.2) is 0 Å². The lowest BCUT2D eigenvalue weighted by molar-refractivity contribution is 0.167. The standard InChI is InChI=1S/C12H17ClOS/c1-9-5-6-10(8-11(9)13)12(14)4-3-7-15-2/h5-6,8,12,14H,3-4,7H2,1-2H3. The molecule has 1 rings (SSSR count). The summed E-state index contributed by atoms with van der Waals surface area (Å²) in [5, 5.41) is 10.6. The summed E-state index contributed by atoms with van der Waals surface area (Å²) < 4.78 is 0. The molecule has 84 valence electrons. The predicted octanol–water partition coefficient (Wildman–Crippen LogP) is 3.83. The molecule has 1 atom stereocenters. The minimum Gasteiger partial charge on any atom is -0.388 e. The van der Waals surface area contributed by atoms with Gasteiger partial charge in [0, 0.05) is 5.02 Å². The van der Waals surface area contributed by atoms with Crippen molar-refractivity contribution in [2.45, 2.75) is 25.9 Å². The number of hydrogen-bond acceptors (Lipinski definition) is 2. The number of aliphatic hydroxyl groups is 1. The van der Waals surface area contributed by atoms with Crippen molar-refractivity contribution in [1.82, 2.24) is 0 Å². The van der Waals surface area contributed by atoms with Crippen molar-refractivity contribution in [2.24, 2.45) is 0 Å². The molecule has 0 fully saturated rings. The SMILES string of the molecule is CSCCCC(O)c1ccc(C)c(Cl)c1. The molecule has 1 nitrogen and oxygen atoms in total. The smallest absolute Gasteiger partial charge is 0.0790 e.